The summed E-state index contributed by atoms with van der Waals surface area (Å²) in [6.07, 6.45) is 0. The van der Waals surface area contributed by atoms with Gasteiger partial charge in [0.05, 0.1) is 12.7 Å². The predicted octanol–water partition coefficient (Wildman–Crippen LogP) is 8.66. The maximum absolute atomic E-state index is 2.60. The molecule has 1 fully saturated rings. The summed E-state index contributed by atoms with van der Waals surface area (Å²) in [5, 5.41) is 0. The van der Waals surface area contributed by atoms with Crippen LogP contribution in [0.4, 0.5) is 11.4 Å². The maximum Gasteiger partial charge on any atom is 0.0911 e. The van der Waals surface area contributed by atoms with Crippen LogP contribution in [0.3, 0.4) is 0 Å². The Balaban J connectivity index is 1.48. The lowest BCUT2D eigenvalue weighted by Crippen LogP contribution is -2.27. The van der Waals surface area contributed by atoms with Crippen LogP contribution in [0.15, 0.2) is 127 Å². The van der Waals surface area contributed by atoms with E-state index in [0.717, 1.165) is 13.2 Å². The first-order chi connectivity index (χ1) is 18.2. The standard InChI is InChI=1S/C35H32N2/c1-26-18-20-31(28-12-6-3-7-13-28)33(22-26)36-24-35(30-16-10-5-11-17-30)37(25-36)34-23-27(2)19-21-32(34)29-14-8-4-9-15-29/h3-23,35H,24-25H2,1-2H3/t35-/m1/s1. The molecular formula is C35H32N2. The average Bonchev–Trinajstić information content (AvgIpc) is 3.40. The Kier molecular flexibility index (Phi) is 6.24. The molecule has 5 aromatic rings. The third kappa shape index (κ3) is 4.63. The van der Waals surface area contributed by atoms with Crippen molar-refractivity contribution >= 4 is 11.4 Å². The number of hydrogen-bond donors (Lipinski definition) is 0. The monoisotopic (exact) mass is 480 g/mol. The van der Waals surface area contributed by atoms with Gasteiger partial charge in [-0.05, 0) is 53.8 Å². The van der Waals surface area contributed by atoms with Gasteiger partial charge in [0.2, 0.25) is 0 Å². The molecule has 0 amide bonds. The van der Waals surface area contributed by atoms with Gasteiger partial charge < -0.3 is 9.80 Å². The van der Waals surface area contributed by atoms with Gasteiger partial charge in [-0.25, -0.2) is 0 Å². The molecule has 1 saturated heterocycles. The highest BCUT2D eigenvalue weighted by Crippen LogP contribution is 2.43. The zero-order chi connectivity index (χ0) is 25.2. The maximum atomic E-state index is 2.60. The molecule has 0 N–H and O–H groups in total. The second-order valence-corrected chi connectivity index (χ2v) is 10.0. The molecule has 1 atom stereocenters. The normalized spacial score (nSPS) is 15.2. The molecule has 37 heavy (non-hydrogen) atoms. The molecule has 6 rings (SSSR count). The van der Waals surface area contributed by atoms with Gasteiger partial charge in [-0.3, -0.25) is 0 Å². The fraction of sp³-hybridized carbons (Fsp3) is 0.143. The second-order valence-electron chi connectivity index (χ2n) is 10.0. The number of benzene rings is 5. The molecule has 182 valence electrons. The summed E-state index contributed by atoms with van der Waals surface area (Å²) >= 11 is 0. The minimum absolute atomic E-state index is 0.245. The Bertz CT molecular complexity index is 1490. The molecular weight excluding hydrogens is 448 g/mol. The Hall–Kier alpha value is -4.30. The van der Waals surface area contributed by atoms with Gasteiger partial charge in [-0.15, -0.1) is 0 Å². The predicted molar refractivity (Wildman–Crippen MR) is 157 cm³/mol. The Morgan fingerprint density at radius 1 is 0.541 bits per heavy atom. The third-order valence-corrected chi connectivity index (χ3v) is 7.40. The molecule has 1 heterocycles. The van der Waals surface area contributed by atoms with Crippen LogP contribution in [0.2, 0.25) is 0 Å². The van der Waals surface area contributed by atoms with E-state index in [1.54, 1.807) is 0 Å². The topological polar surface area (TPSA) is 6.48 Å². The van der Waals surface area contributed by atoms with Crippen LogP contribution in [-0.4, -0.2) is 13.2 Å². The Morgan fingerprint density at radius 3 is 1.59 bits per heavy atom. The van der Waals surface area contributed by atoms with E-state index in [-0.39, 0.29) is 6.04 Å². The lowest BCUT2D eigenvalue weighted by molar-refractivity contribution is 0.763. The highest BCUT2D eigenvalue weighted by Gasteiger charge is 2.34. The largest absolute Gasteiger partial charge is 0.351 e. The molecule has 0 radical (unpaired) electrons. The molecule has 0 aromatic heterocycles. The fourth-order valence-electron chi connectivity index (χ4n) is 5.53. The van der Waals surface area contributed by atoms with Crippen molar-refractivity contribution in [2.75, 3.05) is 23.0 Å². The van der Waals surface area contributed by atoms with Crippen LogP contribution in [0.5, 0.6) is 0 Å². The first-order valence-electron chi connectivity index (χ1n) is 13.1. The highest BCUT2D eigenvalue weighted by atomic mass is 15.4. The summed E-state index contributed by atoms with van der Waals surface area (Å²) in [7, 11) is 0. The van der Waals surface area contributed by atoms with E-state index in [4.69, 9.17) is 0 Å². The molecule has 0 aliphatic carbocycles. The van der Waals surface area contributed by atoms with E-state index in [2.05, 4.69) is 151 Å². The average molecular weight is 481 g/mol. The molecule has 0 unspecified atom stereocenters. The zero-order valence-corrected chi connectivity index (χ0v) is 21.5. The van der Waals surface area contributed by atoms with Gasteiger partial charge in [0.1, 0.15) is 0 Å². The quantitative estimate of drug-likeness (QED) is 0.248. The SMILES string of the molecule is Cc1ccc(-c2ccccc2)c(N2C[C@H](c3ccccc3)N(c3cc(C)ccc3-c3ccccc3)C2)c1. The van der Waals surface area contributed by atoms with Gasteiger partial charge in [-0.2, -0.15) is 0 Å². The van der Waals surface area contributed by atoms with Gasteiger partial charge in [0, 0.05) is 29.0 Å². The minimum atomic E-state index is 0.245. The Morgan fingerprint density at radius 2 is 1.03 bits per heavy atom. The van der Waals surface area contributed by atoms with Crippen molar-refractivity contribution < 1.29 is 0 Å². The number of hydrogen-bond acceptors (Lipinski definition) is 2. The summed E-state index contributed by atoms with van der Waals surface area (Å²) in [6, 6.07) is 46.5. The van der Waals surface area contributed by atoms with Gasteiger partial charge in [0.15, 0.2) is 0 Å². The van der Waals surface area contributed by atoms with E-state index >= 15 is 0 Å². The summed E-state index contributed by atoms with van der Waals surface area (Å²) in [6.45, 7) is 6.13. The van der Waals surface area contributed by atoms with Crippen molar-refractivity contribution in [3.05, 3.63) is 144 Å². The van der Waals surface area contributed by atoms with Crippen molar-refractivity contribution in [1.29, 1.82) is 0 Å². The minimum Gasteiger partial charge on any atom is -0.351 e. The van der Waals surface area contributed by atoms with E-state index in [0.29, 0.717) is 0 Å². The summed E-state index contributed by atoms with van der Waals surface area (Å²) < 4.78 is 0. The summed E-state index contributed by atoms with van der Waals surface area (Å²) in [4.78, 5) is 5.16. The van der Waals surface area contributed by atoms with E-state index < -0.39 is 0 Å². The molecule has 0 saturated carbocycles. The van der Waals surface area contributed by atoms with Crippen LogP contribution in [-0.2, 0) is 0 Å². The van der Waals surface area contributed by atoms with Crippen molar-refractivity contribution in [3.63, 3.8) is 0 Å². The molecule has 2 nitrogen and oxygen atoms in total. The molecule has 5 aromatic carbocycles. The first-order valence-corrected chi connectivity index (χ1v) is 13.1. The molecule has 1 aliphatic rings. The zero-order valence-electron chi connectivity index (χ0n) is 21.5. The summed E-state index contributed by atoms with van der Waals surface area (Å²) in [5.74, 6) is 0. The van der Waals surface area contributed by atoms with E-state index in [1.807, 2.05) is 0 Å². The van der Waals surface area contributed by atoms with Crippen molar-refractivity contribution in [1.82, 2.24) is 0 Å². The van der Waals surface area contributed by atoms with Crippen LogP contribution < -0.4 is 9.80 Å². The number of anilines is 2. The van der Waals surface area contributed by atoms with Crippen molar-refractivity contribution in [3.8, 4) is 22.3 Å². The van der Waals surface area contributed by atoms with E-state index in [1.165, 1.54) is 50.3 Å². The van der Waals surface area contributed by atoms with Crippen LogP contribution in [0.25, 0.3) is 22.3 Å². The number of rotatable bonds is 5. The second kappa shape index (κ2) is 9.99. The Labute approximate surface area is 220 Å². The lowest BCUT2D eigenvalue weighted by Gasteiger charge is -2.29. The van der Waals surface area contributed by atoms with E-state index in [9.17, 15) is 0 Å². The van der Waals surface area contributed by atoms with Crippen molar-refractivity contribution in [2.45, 2.75) is 19.9 Å². The highest BCUT2D eigenvalue weighted by molar-refractivity contribution is 5.83. The molecule has 0 bridgehead atoms. The van der Waals surface area contributed by atoms with Crippen LogP contribution in [0.1, 0.15) is 22.7 Å². The molecule has 2 heteroatoms. The molecule has 1 aliphatic heterocycles. The van der Waals surface area contributed by atoms with Gasteiger partial charge in [0.25, 0.3) is 0 Å². The molecule has 0 spiro atoms. The smallest absolute Gasteiger partial charge is 0.0911 e. The van der Waals surface area contributed by atoms with Gasteiger partial charge >= 0.3 is 0 Å². The number of nitrogens with zero attached hydrogens (tertiary/aromatic N) is 2. The van der Waals surface area contributed by atoms with Crippen LogP contribution in [0, 0.1) is 13.8 Å². The van der Waals surface area contributed by atoms with Gasteiger partial charge in [-0.1, -0.05) is 115 Å². The van der Waals surface area contributed by atoms with Crippen molar-refractivity contribution in [2.24, 2.45) is 0 Å². The summed E-state index contributed by atoms with van der Waals surface area (Å²) in [5.41, 5.74) is 11.6. The lowest BCUT2D eigenvalue weighted by atomic mass is 9.99. The first kappa shape index (κ1) is 23.1. The third-order valence-electron chi connectivity index (χ3n) is 7.40. The number of aryl methyl sites for hydroxylation is 2. The fourth-order valence-corrected chi connectivity index (χ4v) is 5.53. The van der Waals surface area contributed by atoms with Crippen LogP contribution >= 0.6 is 0 Å².